The molecule has 180 valence electrons. The van der Waals surface area contributed by atoms with Crippen LogP contribution in [-0.2, 0) is 10.5 Å². The Hall–Kier alpha value is -2.06. The molecule has 1 amide bonds. The highest BCUT2D eigenvalue weighted by Crippen LogP contribution is 2.28. The van der Waals surface area contributed by atoms with Crippen LogP contribution in [0.5, 0.6) is 0 Å². The number of para-hydroxylation sites is 1. The predicted octanol–water partition coefficient (Wildman–Crippen LogP) is 4.33. The average Bonchev–Trinajstić information content (AvgIpc) is 3.21. The first-order valence-electron chi connectivity index (χ1n) is 12.0. The first-order valence-corrected chi connectivity index (χ1v) is 13.1. The van der Waals surface area contributed by atoms with E-state index in [1.165, 1.54) is 0 Å². The standard InChI is InChI=1S/C25H36N4O3S/c1-17-7-5-9-20-22(17)26-21(27-23(20)30)16-33-19-10-13-28(14-11-19)15-18-8-6-12-29(18)24(31)32-25(2,3)4/h5,7,9,18-19H,6,8,10-16H2,1-4H3,(H,26,27,30)/t18-/m0/s1. The minimum Gasteiger partial charge on any atom is -0.444 e. The monoisotopic (exact) mass is 472 g/mol. The van der Waals surface area contributed by atoms with Crippen LogP contribution < -0.4 is 5.56 Å². The first-order chi connectivity index (χ1) is 15.7. The molecule has 0 bridgehead atoms. The van der Waals surface area contributed by atoms with E-state index in [9.17, 15) is 9.59 Å². The highest BCUT2D eigenvalue weighted by molar-refractivity contribution is 7.99. The highest BCUT2D eigenvalue weighted by Gasteiger charge is 2.34. The number of thioether (sulfide) groups is 1. The molecule has 0 spiro atoms. The lowest BCUT2D eigenvalue weighted by Crippen LogP contribution is -2.47. The molecule has 0 aliphatic carbocycles. The number of hydrogen-bond donors (Lipinski definition) is 1. The summed E-state index contributed by atoms with van der Waals surface area (Å²) < 4.78 is 5.61. The van der Waals surface area contributed by atoms with Crippen molar-refractivity contribution in [1.29, 1.82) is 0 Å². The fourth-order valence-corrected chi connectivity index (χ4v) is 5.83. The molecule has 33 heavy (non-hydrogen) atoms. The van der Waals surface area contributed by atoms with Gasteiger partial charge in [0.25, 0.3) is 5.56 Å². The average molecular weight is 473 g/mol. The number of ether oxygens (including phenoxy) is 1. The van der Waals surface area contributed by atoms with Crippen LogP contribution in [0.1, 0.15) is 57.8 Å². The van der Waals surface area contributed by atoms with Crippen molar-refractivity contribution >= 4 is 28.8 Å². The molecule has 2 fully saturated rings. The Morgan fingerprint density at radius 2 is 1.97 bits per heavy atom. The van der Waals surface area contributed by atoms with Crippen LogP contribution in [0, 0.1) is 6.92 Å². The zero-order valence-electron chi connectivity index (χ0n) is 20.2. The molecule has 2 saturated heterocycles. The SMILES string of the molecule is Cc1cccc2c(=O)[nH]c(CSC3CCN(C[C@@H]4CCCN4C(=O)OC(C)(C)C)CC3)nc12. The summed E-state index contributed by atoms with van der Waals surface area (Å²) in [6.45, 7) is 11.6. The van der Waals surface area contributed by atoms with E-state index >= 15 is 0 Å². The van der Waals surface area contributed by atoms with Gasteiger partial charge in [0, 0.05) is 24.4 Å². The molecule has 2 aliphatic heterocycles. The van der Waals surface area contributed by atoms with Crippen molar-refractivity contribution in [3.8, 4) is 0 Å². The summed E-state index contributed by atoms with van der Waals surface area (Å²) in [5.41, 5.74) is 1.33. The van der Waals surface area contributed by atoms with Crippen LogP contribution >= 0.6 is 11.8 Å². The Morgan fingerprint density at radius 3 is 2.70 bits per heavy atom. The molecular weight excluding hydrogens is 436 g/mol. The topological polar surface area (TPSA) is 78.5 Å². The van der Waals surface area contributed by atoms with Gasteiger partial charge in [-0.05, 0) is 78.1 Å². The van der Waals surface area contributed by atoms with Crippen LogP contribution in [0.25, 0.3) is 10.9 Å². The molecule has 0 radical (unpaired) electrons. The molecule has 4 rings (SSSR count). The fourth-order valence-electron chi connectivity index (χ4n) is 4.76. The minimum atomic E-state index is -0.456. The number of aromatic nitrogens is 2. The van der Waals surface area contributed by atoms with Gasteiger partial charge in [-0.1, -0.05) is 12.1 Å². The molecule has 1 atom stereocenters. The van der Waals surface area contributed by atoms with E-state index in [1.807, 2.05) is 62.6 Å². The second kappa shape index (κ2) is 10.1. The van der Waals surface area contributed by atoms with Gasteiger partial charge in [0.05, 0.1) is 16.7 Å². The Kier molecular flexibility index (Phi) is 7.34. The number of rotatable bonds is 5. The van der Waals surface area contributed by atoms with Crippen molar-refractivity contribution in [1.82, 2.24) is 19.8 Å². The van der Waals surface area contributed by atoms with Crippen molar-refractivity contribution in [3.05, 3.63) is 39.9 Å². The number of piperidine rings is 1. The zero-order valence-corrected chi connectivity index (χ0v) is 21.0. The van der Waals surface area contributed by atoms with Gasteiger partial charge in [0.2, 0.25) is 0 Å². The number of aryl methyl sites for hydroxylation is 1. The van der Waals surface area contributed by atoms with Crippen LogP contribution in [-0.4, -0.2) is 68.9 Å². The third-order valence-electron chi connectivity index (χ3n) is 6.45. The molecule has 7 nitrogen and oxygen atoms in total. The van der Waals surface area contributed by atoms with Crippen LogP contribution in [0.15, 0.2) is 23.0 Å². The fraction of sp³-hybridized carbons (Fsp3) is 0.640. The van der Waals surface area contributed by atoms with E-state index in [1.54, 1.807) is 0 Å². The largest absolute Gasteiger partial charge is 0.444 e. The lowest BCUT2D eigenvalue weighted by atomic mass is 10.1. The number of hydrogen-bond acceptors (Lipinski definition) is 6. The molecule has 0 unspecified atom stereocenters. The summed E-state index contributed by atoms with van der Waals surface area (Å²) in [7, 11) is 0. The molecular formula is C25H36N4O3S. The Labute approximate surface area is 200 Å². The normalized spacial score (nSPS) is 20.5. The van der Waals surface area contributed by atoms with E-state index in [0.717, 1.165) is 74.5 Å². The van der Waals surface area contributed by atoms with Crippen LogP contribution in [0.3, 0.4) is 0 Å². The van der Waals surface area contributed by atoms with Crippen LogP contribution in [0.2, 0.25) is 0 Å². The van der Waals surface area contributed by atoms with E-state index in [-0.39, 0.29) is 17.7 Å². The highest BCUT2D eigenvalue weighted by atomic mass is 32.2. The predicted molar refractivity (Wildman–Crippen MR) is 134 cm³/mol. The Morgan fingerprint density at radius 1 is 1.21 bits per heavy atom. The van der Waals surface area contributed by atoms with Crippen molar-refractivity contribution in [2.24, 2.45) is 0 Å². The summed E-state index contributed by atoms with van der Waals surface area (Å²) in [4.78, 5) is 37.1. The Bertz CT molecular complexity index is 1040. The number of carbonyl (C=O) groups is 1. The van der Waals surface area contributed by atoms with Gasteiger partial charge in [0.1, 0.15) is 11.4 Å². The summed E-state index contributed by atoms with van der Waals surface area (Å²) in [6.07, 6.45) is 4.14. The van der Waals surface area contributed by atoms with Gasteiger partial charge >= 0.3 is 6.09 Å². The zero-order chi connectivity index (χ0) is 23.6. The lowest BCUT2D eigenvalue weighted by Gasteiger charge is -2.36. The Balaban J connectivity index is 1.26. The molecule has 1 N–H and O–H groups in total. The maximum absolute atomic E-state index is 12.6. The second-order valence-electron chi connectivity index (χ2n) is 10.3. The maximum Gasteiger partial charge on any atom is 0.410 e. The second-order valence-corrected chi connectivity index (χ2v) is 11.6. The van der Waals surface area contributed by atoms with Gasteiger partial charge in [-0.2, -0.15) is 11.8 Å². The van der Waals surface area contributed by atoms with E-state index in [0.29, 0.717) is 10.6 Å². The number of aromatic amines is 1. The number of benzene rings is 1. The molecule has 8 heteroatoms. The van der Waals surface area contributed by atoms with Crippen molar-refractivity contribution in [2.75, 3.05) is 26.2 Å². The number of fused-ring (bicyclic) bond motifs is 1. The minimum absolute atomic E-state index is 0.0553. The van der Waals surface area contributed by atoms with Crippen molar-refractivity contribution in [2.45, 2.75) is 76.0 Å². The number of amides is 1. The quantitative estimate of drug-likeness (QED) is 0.698. The van der Waals surface area contributed by atoms with Gasteiger partial charge in [0.15, 0.2) is 0 Å². The number of carbonyl (C=O) groups excluding carboxylic acids is 1. The molecule has 2 aromatic rings. The number of H-pyrrole nitrogens is 1. The smallest absolute Gasteiger partial charge is 0.410 e. The molecule has 3 heterocycles. The van der Waals surface area contributed by atoms with Crippen molar-refractivity contribution < 1.29 is 9.53 Å². The van der Waals surface area contributed by atoms with Gasteiger partial charge < -0.3 is 19.5 Å². The van der Waals surface area contributed by atoms with Crippen LogP contribution in [0.4, 0.5) is 4.79 Å². The summed E-state index contributed by atoms with van der Waals surface area (Å²) in [6, 6.07) is 5.97. The van der Waals surface area contributed by atoms with Gasteiger partial charge in [-0.3, -0.25) is 4.79 Å². The van der Waals surface area contributed by atoms with E-state index < -0.39 is 5.60 Å². The molecule has 1 aromatic heterocycles. The van der Waals surface area contributed by atoms with Gasteiger partial charge in [-0.25, -0.2) is 9.78 Å². The maximum atomic E-state index is 12.6. The summed E-state index contributed by atoms with van der Waals surface area (Å²) in [5, 5.41) is 1.22. The molecule has 0 saturated carbocycles. The van der Waals surface area contributed by atoms with E-state index in [2.05, 4.69) is 9.88 Å². The number of nitrogens with one attached hydrogen (secondary N) is 1. The molecule has 1 aromatic carbocycles. The lowest BCUT2D eigenvalue weighted by molar-refractivity contribution is 0.0191. The van der Waals surface area contributed by atoms with E-state index in [4.69, 9.17) is 9.72 Å². The van der Waals surface area contributed by atoms with Gasteiger partial charge in [-0.15, -0.1) is 0 Å². The third kappa shape index (κ3) is 6.09. The number of likely N-dealkylation sites (tertiary alicyclic amines) is 2. The first kappa shape index (κ1) is 24.1. The summed E-state index contributed by atoms with van der Waals surface area (Å²) >= 11 is 1.89. The molecule has 2 aliphatic rings. The third-order valence-corrected chi connectivity index (χ3v) is 7.83. The summed E-state index contributed by atoms with van der Waals surface area (Å²) in [5.74, 6) is 1.48. The van der Waals surface area contributed by atoms with Crippen molar-refractivity contribution in [3.63, 3.8) is 0 Å². The number of nitrogens with zero attached hydrogens (tertiary/aromatic N) is 3.